The number of aromatic nitrogens is 2. The van der Waals surface area contributed by atoms with Crippen LogP contribution in [-0.4, -0.2) is 44.6 Å². The molecular formula is C16H20ClN3O3. The number of β-amino-alcohol motifs (C(OH)–C–C–N with tert-alkyl or cyclic N) is 1. The molecule has 0 saturated carbocycles. The molecule has 1 aliphatic heterocycles. The third-order valence-electron chi connectivity index (χ3n) is 3.91. The van der Waals surface area contributed by atoms with Gasteiger partial charge in [-0.05, 0) is 38.5 Å². The fourth-order valence-corrected chi connectivity index (χ4v) is 2.96. The summed E-state index contributed by atoms with van der Waals surface area (Å²) in [5.74, 6) is 0. The van der Waals surface area contributed by atoms with E-state index in [1.165, 1.54) is 4.90 Å². The molecule has 1 aliphatic rings. The van der Waals surface area contributed by atoms with Gasteiger partial charge in [0, 0.05) is 12.4 Å². The van der Waals surface area contributed by atoms with E-state index in [0.29, 0.717) is 10.6 Å². The molecule has 0 bridgehead atoms. The van der Waals surface area contributed by atoms with Crippen LogP contribution in [-0.2, 0) is 17.4 Å². The third kappa shape index (κ3) is 2.88. The van der Waals surface area contributed by atoms with Crippen LogP contribution in [0.3, 0.4) is 0 Å². The average Bonchev–Trinajstić information content (AvgIpc) is 2.75. The van der Waals surface area contributed by atoms with E-state index >= 15 is 0 Å². The summed E-state index contributed by atoms with van der Waals surface area (Å²) in [5.41, 5.74) is -0.143. The molecule has 23 heavy (non-hydrogen) atoms. The first kappa shape index (κ1) is 16.1. The third-order valence-corrected chi connectivity index (χ3v) is 4.22. The van der Waals surface area contributed by atoms with Crippen molar-refractivity contribution in [2.45, 2.75) is 32.0 Å². The second-order valence-corrected chi connectivity index (χ2v) is 7.43. The van der Waals surface area contributed by atoms with E-state index in [-0.39, 0.29) is 13.1 Å². The minimum absolute atomic E-state index is 0.182. The zero-order valence-corrected chi connectivity index (χ0v) is 14.4. The van der Waals surface area contributed by atoms with Crippen molar-refractivity contribution in [2.24, 2.45) is 7.05 Å². The molecule has 124 valence electrons. The summed E-state index contributed by atoms with van der Waals surface area (Å²) < 4.78 is 7.01. The smallest absolute Gasteiger partial charge is 0.410 e. The van der Waals surface area contributed by atoms with Crippen LogP contribution >= 0.6 is 11.6 Å². The fourth-order valence-electron chi connectivity index (χ4n) is 2.70. The molecule has 0 radical (unpaired) electrons. The van der Waals surface area contributed by atoms with Gasteiger partial charge < -0.3 is 14.7 Å². The predicted molar refractivity (Wildman–Crippen MR) is 87.4 cm³/mol. The molecule has 1 saturated heterocycles. The van der Waals surface area contributed by atoms with Crippen LogP contribution in [0.1, 0.15) is 26.3 Å². The molecule has 0 spiro atoms. The SMILES string of the molecule is Cn1ncc2c(Cl)cc(C3(O)CN(C(=O)OC(C)(C)C)C3)cc21. The van der Waals surface area contributed by atoms with Crippen LogP contribution in [0, 0.1) is 0 Å². The maximum atomic E-state index is 12.0. The Labute approximate surface area is 139 Å². The lowest BCUT2D eigenvalue weighted by Gasteiger charge is -2.46. The van der Waals surface area contributed by atoms with E-state index in [4.69, 9.17) is 16.3 Å². The first-order valence-electron chi connectivity index (χ1n) is 7.41. The highest BCUT2D eigenvalue weighted by molar-refractivity contribution is 6.35. The molecule has 1 N–H and O–H groups in total. The number of carbonyl (C=O) groups excluding carboxylic acids is 1. The molecule has 2 aromatic rings. The summed E-state index contributed by atoms with van der Waals surface area (Å²) in [7, 11) is 1.82. The molecule has 3 rings (SSSR count). The number of halogens is 1. The molecule has 6 nitrogen and oxygen atoms in total. The molecule has 7 heteroatoms. The molecule has 1 fully saturated rings. The minimum atomic E-state index is -1.11. The van der Waals surface area contributed by atoms with Crippen LogP contribution in [0.25, 0.3) is 10.9 Å². The van der Waals surface area contributed by atoms with Gasteiger partial charge in [0.05, 0.1) is 29.8 Å². The first-order valence-corrected chi connectivity index (χ1v) is 7.79. The van der Waals surface area contributed by atoms with Crippen molar-refractivity contribution in [1.29, 1.82) is 0 Å². The van der Waals surface area contributed by atoms with Gasteiger partial charge >= 0.3 is 6.09 Å². The van der Waals surface area contributed by atoms with Gasteiger partial charge in [0.15, 0.2) is 0 Å². The molecule has 1 aromatic heterocycles. The van der Waals surface area contributed by atoms with Crippen molar-refractivity contribution in [2.75, 3.05) is 13.1 Å². The van der Waals surface area contributed by atoms with Gasteiger partial charge in [0.2, 0.25) is 0 Å². The normalized spacial score (nSPS) is 17.2. The summed E-state index contributed by atoms with van der Waals surface area (Å²) in [5, 5.41) is 16.3. The Morgan fingerprint density at radius 2 is 2.04 bits per heavy atom. The largest absolute Gasteiger partial charge is 0.444 e. The predicted octanol–water partition coefficient (Wildman–Crippen LogP) is 2.67. The number of benzene rings is 1. The van der Waals surface area contributed by atoms with Gasteiger partial charge in [0.1, 0.15) is 11.2 Å². The highest BCUT2D eigenvalue weighted by Gasteiger charge is 2.46. The highest BCUT2D eigenvalue weighted by atomic mass is 35.5. The van der Waals surface area contributed by atoms with Crippen LogP contribution in [0.5, 0.6) is 0 Å². The van der Waals surface area contributed by atoms with Crippen molar-refractivity contribution in [3.63, 3.8) is 0 Å². The molecular weight excluding hydrogens is 318 g/mol. The van der Waals surface area contributed by atoms with Crippen molar-refractivity contribution >= 4 is 28.6 Å². The molecule has 0 atom stereocenters. The van der Waals surface area contributed by atoms with Gasteiger partial charge in [-0.15, -0.1) is 0 Å². The summed E-state index contributed by atoms with van der Waals surface area (Å²) in [6.45, 7) is 5.80. The molecule has 1 aromatic carbocycles. The Bertz CT molecular complexity index is 773. The van der Waals surface area contributed by atoms with Crippen molar-refractivity contribution in [3.05, 3.63) is 28.9 Å². The zero-order valence-electron chi connectivity index (χ0n) is 13.6. The van der Waals surface area contributed by atoms with Gasteiger partial charge in [-0.3, -0.25) is 4.68 Å². The van der Waals surface area contributed by atoms with E-state index in [0.717, 1.165) is 10.9 Å². The maximum absolute atomic E-state index is 12.0. The molecule has 0 aliphatic carbocycles. The molecule has 0 unspecified atom stereocenters. The topological polar surface area (TPSA) is 67.6 Å². The van der Waals surface area contributed by atoms with Crippen LogP contribution < -0.4 is 0 Å². The maximum Gasteiger partial charge on any atom is 0.410 e. The minimum Gasteiger partial charge on any atom is -0.444 e. The van der Waals surface area contributed by atoms with Crippen LogP contribution in [0.4, 0.5) is 4.79 Å². The van der Waals surface area contributed by atoms with Crippen molar-refractivity contribution in [3.8, 4) is 0 Å². The number of hydrogen-bond acceptors (Lipinski definition) is 4. The number of nitrogens with zero attached hydrogens (tertiary/aromatic N) is 3. The summed E-state index contributed by atoms with van der Waals surface area (Å²) >= 11 is 6.28. The van der Waals surface area contributed by atoms with E-state index < -0.39 is 17.3 Å². The second-order valence-electron chi connectivity index (χ2n) is 7.03. The Morgan fingerprint density at radius 3 is 2.65 bits per heavy atom. The number of aliphatic hydroxyl groups is 1. The number of amides is 1. The number of aryl methyl sites for hydroxylation is 1. The number of ether oxygens (including phenoxy) is 1. The summed E-state index contributed by atoms with van der Waals surface area (Å²) in [6, 6.07) is 3.60. The van der Waals surface area contributed by atoms with E-state index in [9.17, 15) is 9.90 Å². The van der Waals surface area contributed by atoms with Crippen molar-refractivity contribution < 1.29 is 14.6 Å². The molecule has 2 heterocycles. The zero-order chi connectivity index (χ0) is 17.0. The Morgan fingerprint density at radius 1 is 1.39 bits per heavy atom. The number of rotatable bonds is 1. The fraction of sp³-hybridized carbons (Fsp3) is 0.500. The van der Waals surface area contributed by atoms with Crippen molar-refractivity contribution in [1.82, 2.24) is 14.7 Å². The lowest BCUT2D eigenvalue weighted by Crippen LogP contribution is -2.61. The first-order chi connectivity index (χ1) is 10.6. The number of hydrogen-bond donors (Lipinski definition) is 1. The van der Waals surface area contributed by atoms with E-state index in [1.54, 1.807) is 16.9 Å². The standard InChI is InChI=1S/C16H20ClN3O3/c1-15(2,3)23-14(21)20-8-16(22,9-20)10-5-12(17)11-7-18-19(4)13(11)6-10/h5-7,22H,8-9H2,1-4H3. The Hall–Kier alpha value is -1.79. The number of fused-ring (bicyclic) bond motifs is 1. The second kappa shape index (κ2) is 5.11. The summed E-state index contributed by atoms with van der Waals surface area (Å²) in [6.07, 6.45) is 1.27. The monoisotopic (exact) mass is 337 g/mol. The lowest BCUT2D eigenvalue weighted by molar-refractivity contribution is -0.103. The van der Waals surface area contributed by atoms with Gasteiger partial charge in [-0.1, -0.05) is 11.6 Å². The number of carbonyl (C=O) groups is 1. The quantitative estimate of drug-likeness (QED) is 0.868. The van der Waals surface area contributed by atoms with Crippen LogP contribution in [0.2, 0.25) is 5.02 Å². The van der Waals surface area contributed by atoms with Gasteiger partial charge in [0.25, 0.3) is 0 Å². The van der Waals surface area contributed by atoms with Gasteiger partial charge in [-0.25, -0.2) is 4.79 Å². The lowest BCUT2D eigenvalue weighted by atomic mass is 9.86. The molecule has 1 amide bonds. The Kier molecular flexibility index (Phi) is 3.57. The Balaban J connectivity index is 1.81. The number of likely N-dealkylation sites (tertiary alicyclic amines) is 1. The van der Waals surface area contributed by atoms with Crippen LogP contribution in [0.15, 0.2) is 18.3 Å². The van der Waals surface area contributed by atoms with Gasteiger partial charge in [-0.2, -0.15) is 5.10 Å². The average molecular weight is 338 g/mol. The van der Waals surface area contributed by atoms with E-state index in [1.807, 2.05) is 33.9 Å². The highest BCUT2D eigenvalue weighted by Crippen LogP contribution is 2.36. The summed E-state index contributed by atoms with van der Waals surface area (Å²) in [4.78, 5) is 13.5. The van der Waals surface area contributed by atoms with E-state index in [2.05, 4.69) is 5.10 Å².